The molecule has 0 spiro atoms. The van der Waals surface area contributed by atoms with Crippen molar-refractivity contribution in [1.82, 2.24) is 15.2 Å². The molecule has 22 heavy (non-hydrogen) atoms. The van der Waals surface area contributed by atoms with E-state index in [4.69, 9.17) is 4.42 Å². The van der Waals surface area contributed by atoms with Gasteiger partial charge in [-0.15, -0.1) is 5.10 Å². The third-order valence-electron chi connectivity index (χ3n) is 3.14. The van der Waals surface area contributed by atoms with Crippen LogP contribution < -0.4 is 0 Å². The molecule has 0 fully saturated rings. The second-order valence-electron chi connectivity index (χ2n) is 4.78. The molecule has 6 heteroatoms. The lowest BCUT2D eigenvalue weighted by molar-refractivity contribution is -0.114. The van der Waals surface area contributed by atoms with Gasteiger partial charge in [0.1, 0.15) is 17.8 Å². The van der Waals surface area contributed by atoms with E-state index in [1.165, 1.54) is 6.33 Å². The number of ketones is 2. The Balaban J connectivity index is 1.64. The summed E-state index contributed by atoms with van der Waals surface area (Å²) in [5.74, 6) is -0.234. The average Bonchev–Trinajstić information content (AvgIpc) is 3.19. The van der Waals surface area contributed by atoms with Crippen molar-refractivity contribution >= 4 is 11.6 Å². The van der Waals surface area contributed by atoms with Crippen molar-refractivity contribution < 1.29 is 14.0 Å². The molecule has 3 aromatic rings. The second-order valence-corrected chi connectivity index (χ2v) is 4.78. The molecule has 0 aliphatic carbocycles. The highest BCUT2D eigenvalue weighted by Gasteiger charge is 2.21. The van der Waals surface area contributed by atoms with Gasteiger partial charge in [0.25, 0.3) is 5.78 Å². The molecule has 0 atom stereocenters. The van der Waals surface area contributed by atoms with E-state index < -0.39 is 11.6 Å². The molecule has 0 saturated heterocycles. The Hall–Kier alpha value is -3.02. The minimum absolute atomic E-state index is 0.0951. The van der Waals surface area contributed by atoms with Crippen molar-refractivity contribution in [3.8, 4) is 0 Å². The number of Topliss-reactive ketones (excluding diaryl/α,β-unsaturated/α-hetero) is 2. The Morgan fingerprint density at radius 1 is 1.05 bits per heavy atom. The molecule has 0 unspecified atom stereocenters. The van der Waals surface area contributed by atoms with Crippen LogP contribution in [0.1, 0.15) is 27.7 Å². The van der Waals surface area contributed by atoms with Crippen molar-refractivity contribution in [2.45, 2.75) is 12.8 Å². The van der Waals surface area contributed by atoms with Crippen LogP contribution in [0.3, 0.4) is 0 Å². The predicted octanol–water partition coefficient (Wildman–Crippen LogP) is 1.98. The number of hydrogen-bond donors (Lipinski definition) is 1. The zero-order valence-corrected chi connectivity index (χ0v) is 11.7. The van der Waals surface area contributed by atoms with E-state index in [1.54, 1.807) is 6.07 Å². The first-order chi connectivity index (χ1) is 10.7. The molecular formula is C16H13N3O3. The summed E-state index contributed by atoms with van der Waals surface area (Å²) in [5, 5.41) is 6.01. The van der Waals surface area contributed by atoms with E-state index in [1.807, 2.05) is 36.4 Å². The van der Waals surface area contributed by atoms with Crippen LogP contribution in [0.5, 0.6) is 0 Å². The third kappa shape index (κ3) is 3.17. The largest absolute Gasteiger partial charge is 0.465 e. The van der Waals surface area contributed by atoms with Crippen LogP contribution in [0.25, 0.3) is 0 Å². The summed E-state index contributed by atoms with van der Waals surface area (Å²) in [6.45, 7) is 0. The highest BCUT2D eigenvalue weighted by atomic mass is 16.3. The molecule has 0 amide bonds. The maximum absolute atomic E-state index is 11.9. The van der Waals surface area contributed by atoms with E-state index in [0.717, 1.165) is 11.3 Å². The number of benzene rings is 1. The summed E-state index contributed by atoms with van der Waals surface area (Å²) in [4.78, 5) is 27.3. The minimum Gasteiger partial charge on any atom is -0.465 e. The van der Waals surface area contributed by atoms with Crippen molar-refractivity contribution in [2.24, 2.45) is 0 Å². The van der Waals surface area contributed by atoms with E-state index in [0.29, 0.717) is 12.2 Å². The van der Waals surface area contributed by atoms with Gasteiger partial charge in [0.15, 0.2) is 0 Å². The van der Waals surface area contributed by atoms with Crippen LogP contribution in [0.4, 0.5) is 0 Å². The lowest BCUT2D eigenvalue weighted by Crippen LogP contribution is -2.17. The highest BCUT2D eigenvalue weighted by molar-refractivity contribution is 6.42. The normalized spacial score (nSPS) is 10.5. The van der Waals surface area contributed by atoms with Gasteiger partial charge in [-0.1, -0.05) is 30.3 Å². The van der Waals surface area contributed by atoms with E-state index >= 15 is 0 Å². The molecule has 6 nitrogen and oxygen atoms in total. The number of carbonyl (C=O) groups is 2. The van der Waals surface area contributed by atoms with Gasteiger partial charge in [-0.2, -0.15) is 0 Å². The van der Waals surface area contributed by atoms with Gasteiger partial charge in [-0.05, 0) is 17.7 Å². The lowest BCUT2D eigenvalue weighted by atomic mass is 10.1. The fourth-order valence-electron chi connectivity index (χ4n) is 2.09. The molecule has 2 aromatic heterocycles. The monoisotopic (exact) mass is 295 g/mol. The first kappa shape index (κ1) is 13.9. The Bertz CT molecular complexity index is 776. The number of hydrogen-bond acceptors (Lipinski definition) is 5. The third-order valence-corrected chi connectivity index (χ3v) is 3.14. The van der Waals surface area contributed by atoms with E-state index in [2.05, 4.69) is 15.2 Å². The van der Waals surface area contributed by atoms with Crippen molar-refractivity contribution in [3.63, 3.8) is 0 Å². The Kier molecular flexibility index (Phi) is 3.91. The van der Waals surface area contributed by atoms with E-state index in [-0.39, 0.29) is 12.2 Å². The van der Waals surface area contributed by atoms with Crippen LogP contribution in [0.15, 0.2) is 53.2 Å². The van der Waals surface area contributed by atoms with Crippen LogP contribution in [0.2, 0.25) is 0 Å². The van der Waals surface area contributed by atoms with Gasteiger partial charge in [0.05, 0.1) is 6.42 Å². The molecule has 2 heterocycles. The first-order valence-electron chi connectivity index (χ1n) is 6.77. The average molecular weight is 295 g/mol. The van der Waals surface area contributed by atoms with E-state index in [9.17, 15) is 9.59 Å². The van der Waals surface area contributed by atoms with Crippen LogP contribution in [-0.4, -0.2) is 26.7 Å². The summed E-state index contributed by atoms with van der Waals surface area (Å²) < 4.78 is 5.60. The van der Waals surface area contributed by atoms with Crippen molar-refractivity contribution in [2.75, 3.05) is 0 Å². The maximum atomic E-state index is 11.9. The molecule has 3 rings (SSSR count). The van der Waals surface area contributed by atoms with Gasteiger partial charge < -0.3 is 4.42 Å². The minimum atomic E-state index is -0.720. The number of carbonyl (C=O) groups excluding carboxylic acids is 2. The molecule has 1 N–H and O–H groups in total. The predicted molar refractivity (Wildman–Crippen MR) is 77.4 cm³/mol. The summed E-state index contributed by atoms with van der Waals surface area (Å²) in [6, 6.07) is 13.4. The number of aromatic amines is 1. The number of nitrogens with zero attached hydrogens (tertiary/aromatic N) is 2. The standard InChI is InChI=1S/C16H13N3O3/c20-14(15(21)16-17-10-18-19-16)9-13-7-6-12(22-13)8-11-4-2-1-3-5-11/h1-7,10H,8-9H2,(H,17,18,19). The maximum Gasteiger partial charge on any atom is 0.268 e. The molecule has 0 aliphatic rings. The zero-order chi connectivity index (χ0) is 15.4. The summed E-state index contributed by atoms with van der Waals surface area (Å²) in [7, 11) is 0. The summed E-state index contributed by atoms with van der Waals surface area (Å²) in [5.41, 5.74) is 1.12. The topological polar surface area (TPSA) is 88.9 Å². The van der Waals surface area contributed by atoms with Gasteiger partial charge in [-0.3, -0.25) is 14.7 Å². The number of rotatable bonds is 6. The fraction of sp³-hybridized carbons (Fsp3) is 0.125. The second kappa shape index (κ2) is 6.17. The van der Waals surface area contributed by atoms with Crippen molar-refractivity contribution in [3.05, 3.63) is 71.7 Å². The van der Waals surface area contributed by atoms with Crippen LogP contribution in [0, 0.1) is 0 Å². The molecule has 0 aliphatic heterocycles. The Labute approximate surface area is 126 Å². The van der Waals surface area contributed by atoms with Gasteiger partial charge in [0, 0.05) is 6.42 Å². The lowest BCUT2D eigenvalue weighted by Gasteiger charge is -1.98. The highest BCUT2D eigenvalue weighted by Crippen LogP contribution is 2.14. The smallest absolute Gasteiger partial charge is 0.268 e. The van der Waals surface area contributed by atoms with Crippen molar-refractivity contribution in [1.29, 1.82) is 0 Å². The molecule has 110 valence electrons. The molecule has 0 saturated carbocycles. The number of nitrogens with one attached hydrogen (secondary N) is 1. The Morgan fingerprint density at radius 2 is 1.82 bits per heavy atom. The number of aromatic nitrogens is 3. The summed E-state index contributed by atoms with van der Waals surface area (Å²) >= 11 is 0. The van der Waals surface area contributed by atoms with Gasteiger partial charge in [0.2, 0.25) is 11.6 Å². The fourth-order valence-corrected chi connectivity index (χ4v) is 2.09. The number of furan rings is 1. The molecular weight excluding hydrogens is 282 g/mol. The molecule has 0 bridgehead atoms. The molecule has 1 aromatic carbocycles. The summed E-state index contributed by atoms with van der Waals surface area (Å²) in [6.07, 6.45) is 1.80. The van der Waals surface area contributed by atoms with Gasteiger partial charge >= 0.3 is 0 Å². The van der Waals surface area contributed by atoms with Gasteiger partial charge in [-0.25, -0.2) is 4.98 Å². The Morgan fingerprint density at radius 3 is 2.55 bits per heavy atom. The quantitative estimate of drug-likeness (QED) is 0.555. The SMILES string of the molecule is O=C(Cc1ccc(Cc2ccccc2)o1)C(=O)c1nc[nH]n1. The van der Waals surface area contributed by atoms with Crippen LogP contribution >= 0.6 is 0 Å². The first-order valence-corrected chi connectivity index (χ1v) is 6.77. The zero-order valence-electron chi connectivity index (χ0n) is 11.7. The number of H-pyrrole nitrogens is 1. The van der Waals surface area contributed by atoms with Crippen LogP contribution in [-0.2, 0) is 17.6 Å². The molecule has 0 radical (unpaired) electrons.